The van der Waals surface area contributed by atoms with Gasteiger partial charge in [-0.2, -0.15) is 0 Å². The first-order chi connectivity index (χ1) is 11.8. The number of nitrogens with zero attached hydrogens (tertiary/aromatic N) is 1. The fraction of sp³-hybridized carbons (Fsp3) is 0.333. The van der Waals surface area contributed by atoms with Gasteiger partial charge in [0.1, 0.15) is 6.61 Å². The van der Waals surface area contributed by atoms with Gasteiger partial charge in [-0.1, -0.05) is 17.7 Å². The van der Waals surface area contributed by atoms with Gasteiger partial charge in [0.15, 0.2) is 0 Å². The molecule has 1 aromatic heterocycles. The molecular weight excluding hydrogens is 406 g/mol. The minimum absolute atomic E-state index is 0.141. The smallest absolute Gasteiger partial charge is 0.238 e. The van der Waals surface area contributed by atoms with Crippen LogP contribution >= 0.6 is 27.5 Å². The van der Waals surface area contributed by atoms with Gasteiger partial charge in [-0.25, -0.2) is 4.98 Å². The maximum atomic E-state index is 12.2. The van der Waals surface area contributed by atoms with Crippen molar-refractivity contribution in [2.45, 2.75) is 26.3 Å². The summed E-state index contributed by atoms with van der Waals surface area (Å²) in [6, 6.07) is 9.09. The number of anilines is 1. The largest absolute Gasteiger partial charge is 0.475 e. The van der Waals surface area contributed by atoms with E-state index < -0.39 is 5.54 Å². The van der Waals surface area contributed by atoms with Gasteiger partial charge < -0.3 is 15.4 Å². The molecule has 0 aliphatic rings. The lowest BCUT2D eigenvalue weighted by Gasteiger charge is -2.26. The molecule has 0 aliphatic carbocycles. The predicted molar refractivity (Wildman–Crippen MR) is 104 cm³/mol. The van der Waals surface area contributed by atoms with E-state index in [-0.39, 0.29) is 12.5 Å². The van der Waals surface area contributed by atoms with Crippen molar-refractivity contribution in [3.8, 4) is 5.88 Å². The number of hydrogen-bond acceptors (Lipinski definition) is 4. The lowest BCUT2D eigenvalue weighted by atomic mass is 10.1. The zero-order chi connectivity index (χ0) is 18.4. The lowest BCUT2D eigenvalue weighted by molar-refractivity contribution is -0.115. The highest BCUT2D eigenvalue weighted by atomic mass is 79.9. The molecule has 0 radical (unpaired) electrons. The molecular formula is C18H21BrClN3O2. The molecule has 0 bridgehead atoms. The Morgan fingerprint density at radius 1 is 1.36 bits per heavy atom. The number of nitrogens with one attached hydrogen (secondary N) is 2. The first kappa shape index (κ1) is 19.7. The van der Waals surface area contributed by atoms with Crippen molar-refractivity contribution in [2.24, 2.45) is 0 Å². The van der Waals surface area contributed by atoms with Crippen molar-refractivity contribution in [3.63, 3.8) is 0 Å². The van der Waals surface area contributed by atoms with Gasteiger partial charge in [0.25, 0.3) is 0 Å². The van der Waals surface area contributed by atoms with Crippen LogP contribution in [-0.4, -0.2) is 29.6 Å². The van der Waals surface area contributed by atoms with Crippen LogP contribution in [-0.2, 0) is 4.79 Å². The molecule has 0 unspecified atom stereocenters. The topological polar surface area (TPSA) is 63.2 Å². The molecule has 5 nitrogen and oxygen atoms in total. The molecule has 0 spiro atoms. The Kier molecular flexibility index (Phi) is 6.81. The van der Waals surface area contributed by atoms with Crippen molar-refractivity contribution in [1.82, 2.24) is 10.3 Å². The second-order valence-corrected chi connectivity index (χ2v) is 7.61. The van der Waals surface area contributed by atoms with Crippen molar-refractivity contribution in [1.29, 1.82) is 0 Å². The fourth-order valence-electron chi connectivity index (χ4n) is 2.02. The van der Waals surface area contributed by atoms with Crippen molar-refractivity contribution in [3.05, 3.63) is 51.6 Å². The Morgan fingerprint density at radius 3 is 2.84 bits per heavy atom. The highest BCUT2D eigenvalue weighted by Gasteiger charge is 2.20. The minimum atomic E-state index is -0.405. The number of hydrogen-bond donors (Lipinski definition) is 2. The lowest BCUT2D eigenvalue weighted by Crippen LogP contribution is -2.47. The van der Waals surface area contributed by atoms with Gasteiger partial charge in [-0.3, -0.25) is 4.79 Å². The van der Waals surface area contributed by atoms with Crippen LogP contribution in [0.25, 0.3) is 0 Å². The molecule has 134 valence electrons. The number of ether oxygens (including phenoxy) is 1. The van der Waals surface area contributed by atoms with Gasteiger partial charge >= 0.3 is 0 Å². The summed E-state index contributed by atoms with van der Waals surface area (Å²) in [5, 5.41) is 6.64. The summed E-state index contributed by atoms with van der Waals surface area (Å²) >= 11 is 9.36. The zero-order valence-electron chi connectivity index (χ0n) is 14.4. The van der Waals surface area contributed by atoms with E-state index in [2.05, 4.69) is 31.5 Å². The fourth-order valence-corrected chi connectivity index (χ4v) is 2.56. The van der Waals surface area contributed by atoms with E-state index in [0.717, 1.165) is 10.0 Å². The van der Waals surface area contributed by atoms with E-state index >= 15 is 0 Å². The molecule has 1 aromatic carbocycles. The average Bonchev–Trinajstić information content (AvgIpc) is 2.56. The summed E-state index contributed by atoms with van der Waals surface area (Å²) in [5.41, 5.74) is 1.27. The zero-order valence-corrected chi connectivity index (χ0v) is 16.7. The van der Waals surface area contributed by atoms with Crippen LogP contribution in [0.1, 0.15) is 19.4 Å². The standard InChI is InChI=1S/C18H21BrClN3O2/c1-12-6-7-13(20)9-15(12)23-16(24)10-22-18(2,3)11-25-17-14(19)5-4-8-21-17/h4-9,22H,10-11H2,1-3H3,(H,23,24). The van der Waals surface area contributed by atoms with Crippen LogP contribution in [0.3, 0.4) is 0 Å². The number of aromatic nitrogens is 1. The Bertz CT molecular complexity index is 753. The monoisotopic (exact) mass is 425 g/mol. The molecule has 2 aromatic rings. The molecule has 2 N–H and O–H groups in total. The maximum Gasteiger partial charge on any atom is 0.238 e. The molecule has 2 rings (SSSR count). The Morgan fingerprint density at radius 2 is 2.12 bits per heavy atom. The van der Waals surface area contributed by atoms with Crippen LogP contribution < -0.4 is 15.4 Å². The number of benzene rings is 1. The molecule has 25 heavy (non-hydrogen) atoms. The number of carbonyl (C=O) groups is 1. The van der Waals surface area contributed by atoms with Crippen molar-refractivity contribution in [2.75, 3.05) is 18.5 Å². The van der Waals surface area contributed by atoms with Crippen LogP contribution in [0.4, 0.5) is 5.69 Å². The molecule has 0 fully saturated rings. The third kappa shape index (κ3) is 6.30. The maximum absolute atomic E-state index is 12.2. The summed E-state index contributed by atoms with van der Waals surface area (Å²) in [7, 11) is 0. The quantitative estimate of drug-likeness (QED) is 0.697. The Labute approximate surface area is 161 Å². The van der Waals surface area contributed by atoms with E-state index in [1.807, 2.05) is 39.0 Å². The molecule has 7 heteroatoms. The summed E-state index contributed by atoms with van der Waals surface area (Å²) in [5.74, 6) is 0.383. The second-order valence-electron chi connectivity index (χ2n) is 6.32. The number of carbonyl (C=O) groups excluding carboxylic acids is 1. The molecule has 0 saturated carbocycles. The third-order valence-corrected chi connectivity index (χ3v) is 4.33. The van der Waals surface area contributed by atoms with E-state index in [1.54, 1.807) is 18.3 Å². The summed E-state index contributed by atoms with van der Waals surface area (Å²) in [4.78, 5) is 16.3. The highest BCUT2D eigenvalue weighted by molar-refractivity contribution is 9.10. The van der Waals surface area contributed by atoms with Gasteiger partial charge in [0.05, 0.1) is 11.0 Å². The Balaban J connectivity index is 1.85. The van der Waals surface area contributed by atoms with Crippen LogP contribution in [0, 0.1) is 6.92 Å². The normalized spacial score (nSPS) is 11.2. The number of aryl methyl sites for hydroxylation is 1. The SMILES string of the molecule is Cc1ccc(Cl)cc1NC(=O)CNC(C)(C)COc1ncccc1Br. The van der Waals surface area contributed by atoms with Crippen LogP contribution in [0.15, 0.2) is 41.0 Å². The number of pyridine rings is 1. The van der Waals surface area contributed by atoms with E-state index in [4.69, 9.17) is 16.3 Å². The molecule has 1 amide bonds. The van der Waals surface area contributed by atoms with Crippen molar-refractivity contribution < 1.29 is 9.53 Å². The highest BCUT2D eigenvalue weighted by Crippen LogP contribution is 2.22. The minimum Gasteiger partial charge on any atom is -0.475 e. The van der Waals surface area contributed by atoms with Crippen LogP contribution in [0.5, 0.6) is 5.88 Å². The average molecular weight is 427 g/mol. The number of rotatable bonds is 7. The first-order valence-corrected chi connectivity index (χ1v) is 8.98. The van der Waals surface area contributed by atoms with Crippen molar-refractivity contribution >= 4 is 39.1 Å². The number of halogens is 2. The summed E-state index contributed by atoms with van der Waals surface area (Å²) in [6.45, 7) is 6.36. The molecule has 0 aliphatic heterocycles. The molecule has 1 heterocycles. The predicted octanol–water partition coefficient (Wildman–Crippen LogP) is 4.19. The number of amides is 1. The van der Waals surface area contributed by atoms with E-state index in [1.165, 1.54) is 0 Å². The summed E-state index contributed by atoms with van der Waals surface area (Å²) in [6.07, 6.45) is 1.67. The molecule has 0 saturated heterocycles. The molecule has 0 atom stereocenters. The Hall–Kier alpha value is -1.63. The van der Waals surface area contributed by atoms with Gasteiger partial charge in [0, 0.05) is 22.4 Å². The van der Waals surface area contributed by atoms with E-state index in [9.17, 15) is 4.79 Å². The summed E-state index contributed by atoms with van der Waals surface area (Å²) < 4.78 is 6.51. The van der Waals surface area contributed by atoms with Gasteiger partial charge in [-0.05, 0) is 66.5 Å². The van der Waals surface area contributed by atoms with Gasteiger partial charge in [0.2, 0.25) is 11.8 Å². The van der Waals surface area contributed by atoms with Gasteiger partial charge in [-0.15, -0.1) is 0 Å². The van der Waals surface area contributed by atoms with E-state index in [0.29, 0.717) is 23.2 Å². The second kappa shape index (κ2) is 8.65. The third-order valence-electron chi connectivity index (χ3n) is 3.50. The van der Waals surface area contributed by atoms with Crippen LogP contribution in [0.2, 0.25) is 5.02 Å². The first-order valence-electron chi connectivity index (χ1n) is 7.81.